The molecule has 3 N–H and O–H groups in total. The summed E-state index contributed by atoms with van der Waals surface area (Å²) in [6, 6.07) is 9.70. The van der Waals surface area contributed by atoms with Crippen molar-refractivity contribution in [3.63, 3.8) is 0 Å². The highest BCUT2D eigenvalue weighted by Crippen LogP contribution is 2.28. The average Bonchev–Trinajstić information content (AvgIpc) is 3.28. The predicted octanol–water partition coefficient (Wildman–Crippen LogP) is 2.86. The van der Waals surface area contributed by atoms with Crippen LogP contribution >= 0.6 is 0 Å². The number of H-pyrrole nitrogens is 3. The first-order chi connectivity index (χ1) is 10.4. The third kappa shape index (κ3) is 2.02. The van der Waals surface area contributed by atoms with Crippen molar-refractivity contribution in [2.45, 2.75) is 0 Å². The third-order valence-corrected chi connectivity index (χ3v) is 3.26. The molecule has 0 fully saturated rings. The summed E-state index contributed by atoms with van der Waals surface area (Å²) in [7, 11) is 0. The van der Waals surface area contributed by atoms with E-state index in [9.17, 15) is 0 Å². The quantitative estimate of drug-likeness (QED) is 0.537. The van der Waals surface area contributed by atoms with Gasteiger partial charge in [0.1, 0.15) is 17.1 Å². The fourth-order valence-electron chi connectivity index (χ4n) is 2.26. The Morgan fingerprint density at radius 1 is 0.810 bits per heavy atom. The first kappa shape index (κ1) is 11.7. The highest BCUT2D eigenvalue weighted by atomic mass is 15.1. The van der Waals surface area contributed by atoms with Gasteiger partial charge in [0.25, 0.3) is 0 Å². The molecule has 4 aromatic rings. The Morgan fingerprint density at radius 3 is 2.29 bits per heavy atom. The second-order valence-corrected chi connectivity index (χ2v) is 4.59. The SMILES string of the molecule is c1c[nH]c(-c2cnc(-c3ccc[nH]3)c(-c3ccn[nH]3)n2)c1. The first-order valence-corrected chi connectivity index (χ1v) is 6.56. The Balaban J connectivity index is 1.92. The summed E-state index contributed by atoms with van der Waals surface area (Å²) >= 11 is 0. The Morgan fingerprint density at radius 2 is 1.62 bits per heavy atom. The number of rotatable bonds is 3. The molecule has 0 aliphatic rings. The molecule has 0 radical (unpaired) electrons. The van der Waals surface area contributed by atoms with Crippen LogP contribution in [0.1, 0.15) is 0 Å². The molecule has 0 atom stereocenters. The number of aromatic nitrogens is 6. The Labute approximate surface area is 120 Å². The summed E-state index contributed by atoms with van der Waals surface area (Å²) in [4.78, 5) is 15.6. The largest absolute Gasteiger partial charge is 0.360 e. The van der Waals surface area contributed by atoms with E-state index in [0.717, 1.165) is 34.2 Å². The van der Waals surface area contributed by atoms with Crippen molar-refractivity contribution in [1.82, 2.24) is 30.1 Å². The van der Waals surface area contributed by atoms with E-state index in [4.69, 9.17) is 4.98 Å². The van der Waals surface area contributed by atoms with Crippen molar-refractivity contribution in [3.05, 3.63) is 55.1 Å². The van der Waals surface area contributed by atoms with E-state index < -0.39 is 0 Å². The molecule has 0 bridgehead atoms. The highest BCUT2D eigenvalue weighted by Gasteiger charge is 2.14. The van der Waals surface area contributed by atoms with Gasteiger partial charge in [0.05, 0.1) is 23.3 Å². The standard InChI is InChI=1S/C15H12N6/c1-3-10(16-6-1)13-9-18-14(11-4-2-7-17-11)15(20-13)12-5-8-19-21-12/h1-9,16-17H,(H,19,21). The second-order valence-electron chi connectivity index (χ2n) is 4.59. The summed E-state index contributed by atoms with van der Waals surface area (Å²) in [6.45, 7) is 0. The van der Waals surface area contributed by atoms with Crippen LogP contribution in [-0.4, -0.2) is 30.1 Å². The predicted molar refractivity (Wildman–Crippen MR) is 79.2 cm³/mol. The van der Waals surface area contributed by atoms with Gasteiger partial charge < -0.3 is 9.97 Å². The molecular formula is C15H12N6. The summed E-state index contributed by atoms with van der Waals surface area (Å²) < 4.78 is 0. The van der Waals surface area contributed by atoms with Gasteiger partial charge in [-0.3, -0.25) is 5.10 Å². The van der Waals surface area contributed by atoms with Crippen LogP contribution in [0.3, 0.4) is 0 Å². The summed E-state index contributed by atoms with van der Waals surface area (Å²) in [6.07, 6.45) is 7.21. The minimum Gasteiger partial charge on any atom is -0.360 e. The summed E-state index contributed by atoms with van der Waals surface area (Å²) in [5, 5.41) is 6.95. The second kappa shape index (κ2) is 4.75. The molecule has 6 heteroatoms. The molecule has 0 aromatic carbocycles. The molecular weight excluding hydrogens is 264 g/mol. The van der Waals surface area contributed by atoms with Crippen LogP contribution in [0.15, 0.2) is 55.1 Å². The monoisotopic (exact) mass is 276 g/mol. The lowest BCUT2D eigenvalue weighted by Gasteiger charge is -2.07. The molecule has 0 amide bonds. The number of nitrogens with zero attached hydrogens (tertiary/aromatic N) is 3. The van der Waals surface area contributed by atoms with E-state index in [1.165, 1.54) is 0 Å². The number of hydrogen-bond acceptors (Lipinski definition) is 3. The summed E-state index contributed by atoms with van der Waals surface area (Å²) in [5.74, 6) is 0. The molecule has 0 saturated heterocycles. The molecule has 0 aliphatic heterocycles. The van der Waals surface area contributed by atoms with E-state index in [-0.39, 0.29) is 0 Å². The maximum absolute atomic E-state index is 4.73. The van der Waals surface area contributed by atoms with Crippen molar-refractivity contribution >= 4 is 0 Å². The van der Waals surface area contributed by atoms with Crippen LogP contribution in [-0.2, 0) is 0 Å². The molecule has 6 nitrogen and oxygen atoms in total. The highest BCUT2D eigenvalue weighted by molar-refractivity contribution is 5.75. The fourth-order valence-corrected chi connectivity index (χ4v) is 2.26. The van der Waals surface area contributed by atoms with E-state index in [2.05, 4.69) is 25.1 Å². The van der Waals surface area contributed by atoms with Gasteiger partial charge in [-0.25, -0.2) is 9.97 Å². The van der Waals surface area contributed by atoms with Gasteiger partial charge in [-0.1, -0.05) is 0 Å². The minimum absolute atomic E-state index is 0.766. The van der Waals surface area contributed by atoms with Crippen LogP contribution in [0.5, 0.6) is 0 Å². The van der Waals surface area contributed by atoms with Crippen LogP contribution < -0.4 is 0 Å². The number of aromatic amines is 3. The van der Waals surface area contributed by atoms with Crippen molar-refractivity contribution in [2.24, 2.45) is 0 Å². The first-order valence-electron chi connectivity index (χ1n) is 6.56. The molecule has 0 aliphatic carbocycles. The number of nitrogens with one attached hydrogen (secondary N) is 3. The zero-order valence-corrected chi connectivity index (χ0v) is 11.0. The smallest absolute Gasteiger partial charge is 0.117 e. The molecule has 0 saturated carbocycles. The van der Waals surface area contributed by atoms with E-state index in [1.54, 1.807) is 12.4 Å². The fraction of sp³-hybridized carbons (Fsp3) is 0. The van der Waals surface area contributed by atoms with Gasteiger partial charge in [-0.05, 0) is 30.3 Å². The van der Waals surface area contributed by atoms with Crippen LogP contribution in [0, 0.1) is 0 Å². The van der Waals surface area contributed by atoms with Gasteiger partial charge in [0, 0.05) is 18.6 Å². The number of hydrogen-bond donors (Lipinski definition) is 3. The zero-order chi connectivity index (χ0) is 14.1. The minimum atomic E-state index is 0.766. The molecule has 0 unspecified atom stereocenters. The molecule has 21 heavy (non-hydrogen) atoms. The van der Waals surface area contributed by atoms with Crippen LogP contribution in [0.4, 0.5) is 0 Å². The molecule has 4 heterocycles. The van der Waals surface area contributed by atoms with E-state index in [1.807, 2.05) is 42.7 Å². The van der Waals surface area contributed by atoms with Crippen molar-refractivity contribution < 1.29 is 0 Å². The van der Waals surface area contributed by atoms with Gasteiger partial charge in [0.2, 0.25) is 0 Å². The van der Waals surface area contributed by atoms with Crippen LogP contribution in [0.25, 0.3) is 34.2 Å². The topological polar surface area (TPSA) is 86.0 Å². The lowest BCUT2D eigenvalue weighted by atomic mass is 10.1. The molecule has 102 valence electrons. The molecule has 4 rings (SSSR count). The van der Waals surface area contributed by atoms with Gasteiger partial charge in [-0.15, -0.1) is 0 Å². The summed E-state index contributed by atoms with van der Waals surface area (Å²) in [5.41, 5.74) is 5.04. The van der Waals surface area contributed by atoms with Gasteiger partial charge in [0.15, 0.2) is 0 Å². The van der Waals surface area contributed by atoms with Crippen LogP contribution in [0.2, 0.25) is 0 Å². The Hall–Kier alpha value is -3.15. The maximum atomic E-state index is 4.73. The lowest BCUT2D eigenvalue weighted by molar-refractivity contribution is 1.08. The zero-order valence-electron chi connectivity index (χ0n) is 11.0. The Bertz CT molecular complexity index is 829. The van der Waals surface area contributed by atoms with Gasteiger partial charge in [-0.2, -0.15) is 5.10 Å². The van der Waals surface area contributed by atoms with Crippen molar-refractivity contribution in [1.29, 1.82) is 0 Å². The molecule has 0 spiro atoms. The van der Waals surface area contributed by atoms with E-state index >= 15 is 0 Å². The normalized spacial score (nSPS) is 10.9. The average molecular weight is 276 g/mol. The molecule has 4 aromatic heterocycles. The third-order valence-electron chi connectivity index (χ3n) is 3.26. The lowest BCUT2D eigenvalue weighted by Crippen LogP contribution is -1.96. The Kier molecular flexibility index (Phi) is 2.64. The van der Waals surface area contributed by atoms with E-state index in [0.29, 0.717) is 0 Å². The maximum Gasteiger partial charge on any atom is 0.117 e. The van der Waals surface area contributed by atoms with Gasteiger partial charge >= 0.3 is 0 Å². The van der Waals surface area contributed by atoms with Crippen molar-refractivity contribution in [2.75, 3.05) is 0 Å². The van der Waals surface area contributed by atoms with Crippen molar-refractivity contribution in [3.8, 4) is 34.2 Å².